The van der Waals surface area contributed by atoms with Crippen LogP contribution in [0.5, 0.6) is 0 Å². The van der Waals surface area contributed by atoms with Crippen molar-refractivity contribution in [3.05, 3.63) is 59.8 Å². The first-order valence-corrected chi connectivity index (χ1v) is 9.19. The van der Waals surface area contributed by atoms with Crippen molar-refractivity contribution in [2.75, 3.05) is 11.9 Å². The van der Waals surface area contributed by atoms with E-state index in [9.17, 15) is 19.4 Å². The molecule has 2 atom stereocenters. The molecule has 0 spiro atoms. The number of benzene rings is 1. The molecule has 1 heterocycles. The maximum Gasteiger partial charge on any atom is 0.311 e. The van der Waals surface area contributed by atoms with Crippen LogP contribution in [0.25, 0.3) is 0 Å². The van der Waals surface area contributed by atoms with Crippen molar-refractivity contribution in [1.29, 1.82) is 0 Å². The van der Waals surface area contributed by atoms with Crippen molar-refractivity contribution in [2.24, 2.45) is 0 Å². The number of aliphatic carboxylic acids is 1. The predicted octanol–water partition coefficient (Wildman–Crippen LogP) is 2.69. The molecule has 0 fully saturated rings. The van der Waals surface area contributed by atoms with E-state index in [1.54, 1.807) is 30.3 Å². The van der Waals surface area contributed by atoms with Crippen LogP contribution in [0.1, 0.15) is 23.5 Å². The topological polar surface area (TPSA) is 114 Å². The van der Waals surface area contributed by atoms with Crippen LogP contribution < -0.4 is 5.73 Å². The Balaban J connectivity index is 2.04. The molecule has 2 unspecified atom stereocenters. The number of nitrogens with two attached hydrogens (primary N) is 1. The van der Waals surface area contributed by atoms with Gasteiger partial charge in [-0.15, -0.1) is 0 Å². The van der Waals surface area contributed by atoms with E-state index in [0.29, 0.717) is 11.4 Å². The van der Waals surface area contributed by atoms with Crippen molar-refractivity contribution in [3.8, 4) is 0 Å². The Bertz CT molecular complexity index is 704. The normalized spacial score (nSPS) is 14.8. The molecule has 122 valence electrons. The minimum Gasteiger partial charge on any atom is -0.481 e. The SMILES string of the molecule is Nc1ccc(C(CCP(=O)(O)Cc2ccccc2)C(=O)O)cn1. The molecule has 0 saturated carbocycles. The molecule has 4 N–H and O–H groups in total. The molecular weight excluding hydrogens is 315 g/mol. The lowest BCUT2D eigenvalue weighted by atomic mass is 9.98. The van der Waals surface area contributed by atoms with Crippen LogP contribution in [0.15, 0.2) is 48.7 Å². The number of pyridine rings is 1. The van der Waals surface area contributed by atoms with Crippen LogP contribution >= 0.6 is 7.37 Å². The summed E-state index contributed by atoms with van der Waals surface area (Å²) < 4.78 is 12.3. The van der Waals surface area contributed by atoms with Crippen molar-refractivity contribution >= 4 is 19.2 Å². The quantitative estimate of drug-likeness (QED) is 0.671. The molecule has 0 amide bonds. The van der Waals surface area contributed by atoms with Crippen LogP contribution in [-0.2, 0) is 15.5 Å². The van der Waals surface area contributed by atoms with Gasteiger partial charge in [-0.3, -0.25) is 9.36 Å². The Kier molecular flexibility index (Phi) is 5.53. The number of nitrogens with zero attached hydrogens (tertiary/aromatic N) is 1. The molecule has 2 aromatic rings. The molecule has 23 heavy (non-hydrogen) atoms. The summed E-state index contributed by atoms with van der Waals surface area (Å²) in [5.41, 5.74) is 6.73. The van der Waals surface area contributed by atoms with Gasteiger partial charge in [0.25, 0.3) is 0 Å². The first-order chi connectivity index (χ1) is 10.9. The van der Waals surface area contributed by atoms with Gasteiger partial charge in [-0.1, -0.05) is 36.4 Å². The molecular formula is C16H19N2O4P. The molecule has 1 aromatic carbocycles. The lowest BCUT2D eigenvalue weighted by Gasteiger charge is -2.16. The van der Waals surface area contributed by atoms with E-state index >= 15 is 0 Å². The second-order valence-corrected chi connectivity index (χ2v) is 7.87. The highest BCUT2D eigenvalue weighted by atomic mass is 31.2. The van der Waals surface area contributed by atoms with Gasteiger partial charge in [0.15, 0.2) is 0 Å². The lowest BCUT2D eigenvalue weighted by Crippen LogP contribution is -2.14. The Labute approximate surface area is 134 Å². The molecule has 0 radical (unpaired) electrons. The number of anilines is 1. The third-order valence-corrected chi connectivity index (χ3v) is 5.37. The average Bonchev–Trinajstić information content (AvgIpc) is 2.49. The summed E-state index contributed by atoms with van der Waals surface area (Å²) >= 11 is 0. The smallest absolute Gasteiger partial charge is 0.311 e. The van der Waals surface area contributed by atoms with Gasteiger partial charge in [-0.2, -0.15) is 0 Å². The van der Waals surface area contributed by atoms with Crippen molar-refractivity contribution in [3.63, 3.8) is 0 Å². The summed E-state index contributed by atoms with van der Waals surface area (Å²) in [6.45, 7) is 0. The molecule has 0 saturated heterocycles. The van der Waals surface area contributed by atoms with Gasteiger partial charge in [-0.05, 0) is 23.6 Å². The standard InChI is InChI=1S/C16H19N2O4P/c17-15-7-6-13(10-18-15)14(16(19)20)8-9-23(21,22)11-12-4-2-1-3-5-12/h1-7,10,14H,8-9,11H2,(H2,17,18)(H,19,20)(H,21,22). The molecule has 6 nitrogen and oxygen atoms in total. The van der Waals surface area contributed by atoms with Crippen molar-refractivity contribution in [2.45, 2.75) is 18.5 Å². The maximum atomic E-state index is 12.3. The second-order valence-electron chi connectivity index (χ2n) is 5.41. The fourth-order valence-corrected chi connectivity index (χ4v) is 3.94. The fourth-order valence-electron chi connectivity index (χ4n) is 2.33. The zero-order valence-corrected chi connectivity index (χ0v) is 13.4. The number of aromatic nitrogens is 1. The first-order valence-electron chi connectivity index (χ1n) is 7.16. The number of carbonyl (C=O) groups is 1. The van der Waals surface area contributed by atoms with E-state index in [1.165, 1.54) is 12.3 Å². The summed E-state index contributed by atoms with van der Waals surface area (Å²) in [5.74, 6) is -1.62. The average molecular weight is 334 g/mol. The van der Waals surface area contributed by atoms with E-state index in [2.05, 4.69) is 4.98 Å². The monoisotopic (exact) mass is 334 g/mol. The van der Waals surface area contributed by atoms with E-state index < -0.39 is 19.3 Å². The number of nitrogen functional groups attached to an aromatic ring is 1. The highest BCUT2D eigenvalue weighted by molar-refractivity contribution is 7.57. The van der Waals surface area contributed by atoms with Gasteiger partial charge in [0, 0.05) is 18.5 Å². The molecule has 1 aromatic heterocycles. The summed E-state index contributed by atoms with van der Waals surface area (Å²) in [7, 11) is -3.45. The van der Waals surface area contributed by atoms with Gasteiger partial charge in [-0.25, -0.2) is 4.98 Å². The van der Waals surface area contributed by atoms with Gasteiger partial charge < -0.3 is 15.7 Å². The molecule has 0 aliphatic rings. The Hall–Kier alpha value is -2.17. The molecule has 0 bridgehead atoms. The zero-order valence-electron chi connectivity index (χ0n) is 12.5. The molecule has 2 rings (SSSR count). The van der Waals surface area contributed by atoms with E-state index in [1.807, 2.05) is 6.07 Å². The minimum absolute atomic E-state index is 0.0418. The third kappa shape index (κ3) is 5.20. The van der Waals surface area contributed by atoms with Crippen molar-refractivity contribution in [1.82, 2.24) is 4.98 Å². The summed E-state index contributed by atoms with van der Waals surface area (Å²) in [5, 5.41) is 9.35. The molecule has 0 aliphatic carbocycles. The van der Waals surface area contributed by atoms with Crippen LogP contribution in [0, 0.1) is 0 Å². The minimum atomic E-state index is -3.45. The second kappa shape index (κ2) is 7.40. The highest BCUT2D eigenvalue weighted by Gasteiger charge is 2.26. The van der Waals surface area contributed by atoms with E-state index in [4.69, 9.17) is 5.73 Å². The van der Waals surface area contributed by atoms with Crippen LogP contribution in [0.2, 0.25) is 0 Å². The third-order valence-electron chi connectivity index (χ3n) is 3.55. The van der Waals surface area contributed by atoms with Crippen LogP contribution in [-0.4, -0.2) is 27.1 Å². The summed E-state index contributed by atoms with van der Waals surface area (Å²) in [6.07, 6.45) is 1.44. The van der Waals surface area contributed by atoms with E-state index in [0.717, 1.165) is 5.56 Å². The fraction of sp³-hybridized carbons (Fsp3) is 0.250. The van der Waals surface area contributed by atoms with Gasteiger partial charge in [0.05, 0.1) is 5.92 Å². The maximum absolute atomic E-state index is 12.3. The summed E-state index contributed by atoms with van der Waals surface area (Å²) in [6, 6.07) is 12.1. The van der Waals surface area contributed by atoms with Gasteiger partial charge in [0.1, 0.15) is 5.82 Å². The number of carboxylic acid groups (broad SMARTS) is 1. The van der Waals surface area contributed by atoms with Gasteiger partial charge in [0.2, 0.25) is 7.37 Å². The van der Waals surface area contributed by atoms with Crippen LogP contribution in [0.3, 0.4) is 0 Å². The lowest BCUT2D eigenvalue weighted by molar-refractivity contribution is -0.138. The predicted molar refractivity (Wildman–Crippen MR) is 88.5 cm³/mol. The number of carboxylic acids is 1. The Morgan fingerprint density at radius 1 is 1.22 bits per heavy atom. The highest BCUT2D eigenvalue weighted by Crippen LogP contribution is 2.46. The summed E-state index contributed by atoms with van der Waals surface area (Å²) in [4.78, 5) is 25.4. The molecule has 0 aliphatic heterocycles. The Morgan fingerprint density at radius 3 is 2.48 bits per heavy atom. The number of rotatable bonds is 7. The first kappa shape index (κ1) is 17.2. The molecule has 7 heteroatoms. The zero-order chi connectivity index (χ0) is 16.9. The Morgan fingerprint density at radius 2 is 1.91 bits per heavy atom. The largest absolute Gasteiger partial charge is 0.481 e. The number of hydrogen-bond donors (Lipinski definition) is 3. The van der Waals surface area contributed by atoms with Crippen molar-refractivity contribution < 1.29 is 19.4 Å². The van der Waals surface area contributed by atoms with E-state index in [-0.39, 0.29) is 18.7 Å². The van der Waals surface area contributed by atoms with Crippen LogP contribution in [0.4, 0.5) is 5.82 Å². The van der Waals surface area contributed by atoms with Gasteiger partial charge >= 0.3 is 5.97 Å². The number of hydrogen-bond acceptors (Lipinski definition) is 4.